The van der Waals surface area contributed by atoms with E-state index in [2.05, 4.69) is 26.0 Å². The molecule has 3 N–H and O–H groups in total. The Kier molecular flexibility index (Phi) is 9.16. The predicted molar refractivity (Wildman–Crippen MR) is 164 cm³/mol. The van der Waals surface area contributed by atoms with E-state index in [4.69, 9.17) is 16.3 Å². The molecule has 2 aromatic heterocycles. The molecule has 2 amide bonds. The van der Waals surface area contributed by atoms with Crippen LogP contribution in [0.15, 0.2) is 65.6 Å². The van der Waals surface area contributed by atoms with E-state index in [1.165, 1.54) is 6.07 Å². The zero-order chi connectivity index (χ0) is 30.6. The van der Waals surface area contributed by atoms with Crippen LogP contribution in [0, 0.1) is 6.92 Å². The lowest BCUT2D eigenvalue weighted by molar-refractivity contribution is -0.118. The summed E-state index contributed by atoms with van der Waals surface area (Å²) in [5.41, 5.74) is 4.37. The summed E-state index contributed by atoms with van der Waals surface area (Å²) in [5.74, 6) is -0.443. The van der Waals surface area contributed by atoms with Gasteiger partial charge in [0.2, 0.25) is 5.91 Å². The molecule has 4 rings (SSSR count). The third kappa shape index (κ3) is 7.64. The number of carbonyl (C=O) groups excluding carboxylic acids is 2. The van der Waals surface area contributed by atoms with Crippen LogP contribution in [0.25, 0.3) is 22.4 Å². The smallest absolute Gasteiger partial charge is 0.408 e. The van der Waals surface area contributed by atoms with Gasteiger partial charge in [0.25, 0.3) is 5.56 Å². The Hall–Kier alpha value is -4.44. The third-order valence-corrected chi connectivity index (χ3v) is 6.82. The van der Waals surface area contributed by atoms with Crippen LogP contribution in [0.3, 0.4) is 0 Å². The van der Waals surface area contributed by atoms with E-state index >= 15 is 0 Å². The number of carbonyl (C=O) groups is 2. The number of amides is 2. The molecule has 11 heteroatoms. The van der Waals surface area contributed by atoms with Gasteiger partial charge in [0.05, 0.1) is 5.69 Å². The summed E-state index contributed by atoms with van der Waals surface area (Å²) in [4.78, 5) is 38.5. The lowest BCUT2D eigenvalue weighted by Crippen LogP contribution is -2.47. The molecule has 10 nitrogen and oxygen atoms in total. The van der Waals surface area contributed by atoms with Crippen LogP contribution in [0.2, 0.25) is 5.02 Å². The molecule has 1 unspecified atom stereocenters. The number of hydrogen-bond acceptors (Lipinski definition) is 6. The van der Waals surface area contributed by atoms with Crippen LogP contribution in [0.1, 0.15) is 51.9 Å². The number of aryl methyl sites for hydroxylation is 1. The Morgan fingerprint density at radius 1 is 1.02 bits per heavy atom. The van der Waals surface area contributed by atoms with Crippen LogP contribution in [0.4, 0.5) is 10.5 Å². The van der Waals surface area contributed by atoms with E-state index in [1.54, 1.807) is 55.8 Å². The van der Waals surface area contributed by atoms with Crippen molar-refractivity contribution >= 4 is 29.3 Å². The number of halogens is 1. The van der Waals surface area contributed by atoms with Crippen molar-refractivity contribution in [1.29, 1.82) is 0 Å². The fraction of sp³-hybridized carbons (Fsp3) is 0.323. The van der Waals surface area contributed by atoms with E-state index in [0.29, 0.717) is 16.3 Å². The molecule has 42 heavy (non-hydrogen) atoms. The highest BCUT2D eigenvalue weighted by atomic mass is 35.5. The highest BCUT2D eigenvalue weighted by Gasteiger charge is 2.26. The minimum absolute atomic E-state index is 0.00985. The third-order valence-electron chi connectivity index (χ3n) is 6.45. The first-order valence-corrected chi connectivity index (χ1v) is 14.0. The largest absolute Gasteiger partial charge is 0.444 e. The summed E-state index contributed by atoms with van der Waals surface area (Å²) in [6, 6.07) is 14.9. The van der Waals surface area contributed by atoms with E-state index in [9.17, 15) is 14.4 Å². The number of anilines is 1. The number of aromatic amines is 1. The van der Waals surface area contributed by atoms with Crippen LogP contribution < -0.4 is 16.2 Å². The molecule has 0 fully saturated rings. The first-order valence-electron chi connectivity index (χ1n) is 13.6. The van der Waals surface area contributed by atoms with E-state index < -0.39 is 23.6 Å². The summed E-state index contributed by atoms with van der Waals surface area (Å²) < 4.78 is 7.09. The Morgan fingerprint density at radius 2 is 1.69 bits per heavy atom. The molecule has 0 saturated carbocycles. The fourth-order valence-corrected chi connectivity index (χ4v) is 4.56. The molecular weight excluding hydrogens is 556 g/mol. The first kappa shape index (κ1) is 30.5. The minimum Gasteiger partial charge on any atom is -0.444 e. The Morgan fingerprint density at radius 3 is 2.31 bits per heavy atom. The number of hydrogen-bond donors (Lipinski definition) is 3. The number of benzene rings is 2. The molecule has 4 aromatic rings. The molecule has 0 aliphatic heterocycles. The maximum absolute atomic E-state index is 13.5. The van der Waals surface area contributed by atoms with Crippen molar-refractivity contribution in [2.75, 3.05) is 5.32 Å². The Bertz CT molecular complexity index is 1640. The normalized spacial score (nSPS) is 12.2. The number of H-pyrrole nitrogens is 1. The molecule has 0 radical (unpaired) electrons. The molecule has 1 atom stereocenters. The van der Waals surface area contributed by atoms with E-state index in [-0.39, 0.29) is 18.0 Å². The van der Waals surface area contributed by atoms with Crippen molar-refractivity contribution in [1.82, 2.24) is 25.3 Å². The molecule has 220 valence electrons. The standard InChI is InChI=1S/C31H35ClN6O4/c1-18(2)38-17-22(10-14-27(38)39)21-9-13-25(32)23(15-21)16-26(34-30(41)42-31(4,5)6)29(40)33-24-11-7-20(8-12-24)28-19(3)35-37-36-28/h7-15,17-18,26H,16H2,1-6H3,(H,33,40)(H,34,41)(H,35,36,37). The number of ether oxygens (including phenoxy) is 1. The SMILES string of the molecule is Cc1[nH]nnc1-c1ccc(NC(=O)C(Cc2cc(-c3ccc(=O)n(C(C)C)c3)ccc2Cl)NC(=O)OC(C)(C)C)cc1. The van der Waals surface area contributed by atoms with Crippen molar-refractivity contribution in [3.05, 3.63) is 87.4 Å². The number of pyridine rings is 1. The van der Waals surface area contributed by atoms with Crippen LogP contribution in [-0.2, 0) is 16.0 Å². The summed E-state index contributed by atoms with van der Waals surface area (Å²) >= 11 is 6.58. The van der Waals surface area contributed by atoms with Crippen LogP contribution in [0.5, 0.6) is 0 Å². The topological polar surface area (TPSA) is 131 Å². The highest BCUT2D eigenvalue weighted by Crippen LogP contribution is 2.27. The van der Waals surface area contributed by atoms with Gasteiger partial charge in [0.15, 0.2) is 0 Å². The van der Waals surface area contributed by atoms with Gasteiger partial charge in [-0.3, -0.25) is 14.7 Å². The quantitative estimate of drug-likeness (QED) is 0.233. The Labute approximate surface area is 249 Å². The average Bonchev–Trinajstić information content (AvgIpc) is 3.34. The molecule has 0 saturated heterocycles. The lowest BCUT2D eigenvalue weighted by Gasteiger charge is -2.24. The molecule has 0 aliphatic rings. The predicted octanol–water partition coefficient (Wildman–Crippen LogP) is 5.92. The van der Waals surface area contributed by atoms with Gasteiger partial charge >= 0.3 is 6.09 Å². The summed E-state index contributed by atoms with van der Waals surface area (Å²) in [7, 11) is 0. The number of nitrogens with zero attached hydrogens (tertiary/aromatic N) is 3. The van der Waals surface area contributed by atoms with E-state index in [0.717, 1.165) is 28.1 Å². The van der Waals surface area contributed by atoms with Gasteiger partial charge in [-0.15, -0.1) is 5.10 Å². The van der Waals surface area contributed by atoms with Gasteiger partial charge in [-0.1, -0.05) is 35.0 Å². The maximum Gasteiger partial charge on any atom is 0.408 e. The number of alkyl carbamates (subject to hydrolysis) is 1. The molecule has 2 aromatic carbocycles. The molecule has 0 aliphatic carbocycles. The molecule has 2 heterocycles. The van der Waals surface area contributed by atoms with E-state index in [1.807, 2.05) is 45.0 Å². The van der Waals surface area contributed by atoms with Crippen molar-refractivity contribution in [2.45, 2.75) is 65.6 Å². The van der Waals surface area contributed by atoms with Gasteiger partial charge in [-0.25, -0.2) is 4.79 Å². The second kappa shape index (κ2) is 12.6. The second-order valence-corrected chi connectivity index (χ2v) is 11.7. The molecule has 0 spiro atoms. The number of aromatic nitrogens is 4. The maximum atomic E-state index is 13.5. The van der Waals surface area contributed by atoms with Crippen molar-refractivity contribution in [2.24, 2.45) is 0 Å². The fourth-order valence-electron chi connectivity index (χ4n) is 4.36. The van der Waals surface area contributed by atoms with Crippen molar-refractivity contribution in [3.8, 4) is 22.4 Å². The lowest BCUT2D eigenvalue weighted by atomic mass is 9.99. The molecule has 0 bridgehead atoms. The second-order valence-electron chi connectivity index (χ2n) is 11.3. The highest BCUT2D eigenvalue weighted by molar-refractivity contribution is 6.31. The average molecular weight is 591 g/mol. The molecular formula is C31H35ClN6O4. The van der Waals surface area contributed by atoms with Gasteiger partial charge in [-0.05, 0) is 88.6 Å². The summed E-state index contributed by atoms with van der Waals surface area (Å²) in [6.45, 7) is 11.0. The zero-order valence-corrected chi connectivity index (χ0v) is 25.2. The summed E-state index contributed by atoms with van der Waals surface area (Å²) in [6.07, 6.45) is 1.17. The van der Waals surface area contributed by atoms with Gasteiger partial charge in [0, 0.05) is 41.0 Å². The minimum atomic E-state index is -1.00. The first-order chi connectivity index (χ1) is 19.8. The number of rotatable bonds is 8. The number of nitrogens with one attached hydrogen (secondary N) is 3. The Balaban J connectivity index is 1.60. The monoisotopic (exact) mass is 590 g/mol. The zero-order valence-electron chi connectivity index (χ0n) is 24.5. The van der Waals surface area contributed by atoms with Crippen molar-refractivity contribution < 1.29 is 14.3 Å². The van der Waals surface area contributed by atoms with Gasteiger partial charge in [-0.2, -0.15) is 0 Å². The van der Waals surface area contributed by atoms with Crippen LogP contribution >= 0.6 is 11.6 Å². The summed E-state index contributed by atoms with van der Waals surface area (Å²) in [5, 5.41) is 16.7. The van der Waals surface area contributed by atoms with Crippen molar-refractivity contribution in [3.63, 3.8) is 0 Å². The van der Waals surface area contributed by atoms with Gasteiger partial charge in [0.1, 0.15) is 17.3 Å². The van der Waals surface area contributed by atoms with Gasteiger partial charge < -0.3 is 19.9 Å². The van der Waals surface area contributed by atoms with Crippen LogP contribution in [-0.4, -0.2) is 43.6 Å².